The summed E-state index contributed by atoms with van der Waals surface area (Å²) in [7, 11) is -3.48. The SMILES string of the molecule is CCCC(CC)NS(=O)(=O)c1ccc(Br)c(N)c1. The Hall–Kier alpha value is -0.590. The van der Waals surface area contributed by atoms with Gasteiger partial charge in [0.25, 0.3) is 0 Å². The maximum atomic E-state index is 12.2. The van der Waals surface area contributed by atoms with Crippen LogP contribution in [0.4, 0.5) is 5.69 Å². The number of hydrogen-bond acceptors (Lipinski definition) is 3. The van der Waals surface area contributed by atoms with Crippen molar-refractivity contribution in [3.05, 3.63) is 22.7 Å². The van der Waals surface area contributed by atoms with Crippen molar-refractivity contribution in [2.24, 2.45) is 0 Å². The van der Waals surface area contributed by atoms with Crippen LogP contribution in [0.2, 0.25) is 0 Å². The predicted octanol–water partition coefficient (Wildman–Crippen LogP) is 2.89. The van der Waals surface area contributed by atoms with Crippen LogP contribution in [0.25, 0.3) is 0 Å². The van der Waals surface area contributed by atoms with Gasteiger partial charge in [-0.2, -0.15) is 0 Å². The van der Waals surface area contributed by atoms with Crippen molar-refractivity contribution in [1.29, 1.82) is 0 Å². The molecule has 1 unspecified atom stereocenters. The molecule has 1 rings (SSSR count). The molecule has 3 N–H and O–H groups in total. The number of sulfonamides is 1. The van der Waals surface area contributed by atoms with Gasteiger partial charge in [-0.1, -0.05) is 20.3 Å². The normalized spacial score (nSPS) is 13.5. The van der Waals surface area contributed by atoms with E-state index in [0.29, 0.717) is 10.2 Å². The third-order valence-corrected chi connectivity index (χ3v) is 4.97. The lowest BCUT2D eigenvalue weighted by Gasteiger charge is -2.16. The molecule has 0 amide bonds. The fraction of sp³-hybridized carbons (Fsp3) is 0.500. The van der Waals surface area contributed by atoms with E-state index >= 15 is 0 Å². The average molecular weight is 335 g/mol. The van der Waals surface area contributed by atoms with Crippen LogP contribution in [0.3, 0.4) is 0 Å². The van der Waals surface area contributed by atoms with Crippen LogP contribution >= 0.6 is 15.9 Å². The molecule has 1 atom stereocenters. The van der Waals surface area contributed by atoms with Gasteiger partial charge >= 0.3 is 0 Å². The minimum absolute atomic E-state index is 0.0233. The molecular weight excluding hydrogens is 316 g/mol. The van der Waals surface area contributed by atoms with Gasteiger partial charge in [0.2, 0.25) is 10.0 Å². The molecule has 0 aromatic heterocycles. The fourth-order valence-electron chi connectivity index (χ4n) is 1.67. The van der Waals surface area contributed by atoms with E-state index in [1.807, 2.05) is 13.8 Å². The number of nitrogens with two attached hydrogens (primary N) is 1. The molecule has 4 nitrogen and oxygen atoms in total. The van der Waals surface area contributed by atoms with E-state index in [2.05, 4.69) is 20.7 Å². The molecule has 0 saturated carbocycles. The highest BCUT2D eigenvalue weighted by atomic mass is 79.9. The molecule has 0 saturated heterocycles. The number of nitrogens with one attached hydrogen (secondary N) is 1. The number of halogens is 1. The summed E-state index contributed by atoms with van der Waals surface area (Å²) in [5.41, 5.74) is 6.12. The largest absolute Gasteiger partial charge is 0.398 e. The number of anilines is 1. The van der Waals surface area contributed by atoms with Crippen LogP contribution in [-0.2, 0) is 10.0 Å². The lowest BCUT2D eigenvalue weighted by atomic mass is 10.1. The molecule has 0 aliphatic heterocycles. The number of nitrogen functional groups attached to an aromatic ring is 1. The highest BCUT2D eigenvalue weighted by Gasteiger charge is 2.19. The molecule has 0 bridgehead atoms. The van der Waals surface area contributed by atoms with Crippen molar-refractivity contribution in [2.75, 3.05) is 5.73 Å². The first-order valence-electron chi connectivity index (χ1n) is 5.98. The van der Waals surface area contributed by atoms with Gasteiger partial charge in [0.15, 0.2) is 0 Å². The minimum Gasteiger partial charge on any atom is -0.398 e. The van der Waals surface area contributed by atoms with Gasteiger partial charge in [0.1, 0.15) is 0 Å². The Morgan fingerprint density at radius 1 is 1.39 bits per heavy atom. The average Bonchev–Trinajstić information content (AvgIpc) is 2.31. The van der Waals surface area contributed by atoms with E-state index in [1.165, 1.54) is 6.07 Å². The molecule has 1 aromatic rings. The summed E-state index contributed by atoms with van der Waals surface area (Å²) >= 11 is 3.25. The second kappa shape index (κ2) is 6.54. The minimum atomic E-state index is -3.48. The summed E-state index contributed by atoms with van der Waals surface area (Å²) in [5, 5.41) is 0. The molecule has 0 aliphatic carbocycles. The summed E-state index contributed by atoms with van der Waals surface area (Å²) in [6.45, 7) is 4.01. The highest BCUT2D eigenvalue weighted by Crippen LogP contribution is 2.23. The maximum absolute atomic E-state index is 12.2. The first-order valence-corrected chi connectivity index (χ1v) is 8.25. The van der Waals surface area contributed by atoms with Gasteiger partial charge in [0, 0.05) is 16.2 Å². The van der Waals surface area contributed by atoms with Gasteiger partial charge in [-0.15, -0.1) is 0 Å². The molecule has 0 radical (unpaired) electrons. The second-order valence-electron chi connectivity index (χ2n) is 4.20. The quantitative estimate of drug-likeness (QED) is 0.785. The van der Waals surface area contributed by atoms with Gasteiger partial charge in [-0.25, -0.2) is 13.1 Å². The number of hydrogen-bond donors (Lipinski definition) is 2. The topological polar surface area (TPSA) is 72.2 Å². The molecule has 6 heteroatoms. The van der Waals surface area contributed by atoms with Crippen molar-refractivity contribution in [1.82, 2.24) is 4.72 Å². The van der Waals surface area contributed by atoms with Crippen molar-refractivity contribution in [2.45, 2.75) is 44.0 Å². The molecule has 0 spiro atoms. The van der Waals surface area contributed by atoms with Crippen molar-refractivity contribution < 1.29 is 8.42 Å². The van der Waals surface area contributed by atoms with Crippen LogP contribution in [0, 0.1) is 0 Å². The van der Waals surface area contributed by atoms with E-state index in [1.54, 1.807) is 12.1 Å². The summed E-state index contributed by atoms with van der Waals surface area (Å²) in [5.74, 6) is 0. The van der Waals surface area contributed by atoms with Crippen LogP contribution < -0.4 is 10.5 Å². The Kier molecular flexibility index (Phi) is 5.62. The van der Waals surface area contributed by atoms with Crippen molar-refractivity contribution >= 4 is 31.6 Å². The summed E-state index contributed by atoms with van der Waals surface area (Å²) in [6, 6.07) is 4.63. The highest BCUT2D eigenvalue weighted by molar-refractivity contribution is 9.10. The Labute approximate surface area is 117 Å². The fourth-order valence-corrected chi connectivity index (χ4v) is 3.31. The Bertz CT molecular complexity index is 503. The van der Waals surface area contributed by atoms with E-state index < -0.39 is 10.0 Å². The smallest absolute Gasteiger partial charge is 0.240 e. The molecule has 0 aliphatic rings. The van der Waals surface area contributed by atoms with Crippen LogP contribution in [-0.4, -0.2) is 14.5 Å². The number of benzene rings is 1. The van der Waals surface area contributed by atoms with E-state index in [9.17, 15) is 8.42 Å². The van der Waals surface area contributed by atoms with Crippen LogP contribution in [0.5, 0.6) is 0 Å². The van der Waals surface area contributed by atoms with Gasteiger partial charge in [-0.3, -0.25) is 0 Å². The zero-order chi connectivity index (χ0) is 13.8. The zero-order valence-electron chi connectivity index (χ0n) is 10.6. The molecule has 0 heterocycles. The van der Waals surface area contributed by atoms with Crippen molar-refractivity contribution in [3.63, 3.8) is 0 Å². The lowest BCUT2D eigenvalue weighted by Crippen LogP contribution is -2.34. The van der Waals surface area contributed by atoms with E-state index in [0.717, 1.165) is 19.3 Å². The zero-order valence-corrected chi connectivity index (χ0v) is 13.0. The Balaban J connectivity index is 2.95. The van der Waals surface area contributed by atoms with Gasteiger partial charge in [0.05, 0.1) is 4.90 Å². The van der Waals surface area contributed by atoms with E-state index in [-0.39, 0.29) is 10.9 Å². The summed E-state index contributed by atoms with van der Waals surface area (Å²) in [4.78, 5) is 0.206. The molecule has 18 heavy (non-hydrogen) atoms. The van der Waals surface area contributed by atoms with Crippen LogP contribution in [0.15, 0.2) is 27.6 Å². The first kappa shape index (κ1) is 15.5. The standard InChI is InChI=1S/C12H19BrN2O2S/c1-3-5-9(4-2)15-18(16,17)10-6-7-11(13)12(14)8-10/h6-9,15H,3-5,14H2,1-2H3. The molecule has 1 aromatic carbocycles. The number of rotatable bonds is 6. The molecular formula is C12H19BrN2O2S. The Morgan fingerprint density at radius 3 is 2.56 bits per heavy atom. The third-order valence-electron chi connectivity index (χ3n) is 2.73. The monoisotopic (exact) mass is 334 g/mol. The van der Waals surface area contributed by atoms with Gasteiger partial charge in [-0.05, 0) is 47.0 Å². The molecule has 0 fully saturated rings. The van der Waals surface area contributed by atoms with Crippen LogP contribution in [0.1, 0.15) is 33.1 Å². The van der Waals surface area contributed by atoms with E-state index in [4.69, 9.17) is 5.73 Å². The first-order chi connectivity index (χ1) is 8.40. The third kappa shape index (κ3) is 3.96. The lowest BCUT2D eigenvalue weighted by molar-refractivity contribution is 0.512. The molecule has 102 valence electrons. The van der Waals surface area contributed by atoms with Gasteiger partial charge < -0.3 is 5.73 Å². The maximum Gasteiger partial charge on any atom is 0.240 e. The Morgan fingerprint density at radius 2 is 2.06 bits per heavy atom. The summed E-state index contributed by atoms with van der Waals surface area (Å²) in [6.07, 6.45) is 2.56. The second-order valence-corrected chi connectivity index (χ2v) is 6.77. The summed E-state index contributed by atoms with van der Waals surface area (Å²) < 4.78 is 27.7. The van der Waals surface area contributed by atoms with Crippen molar-refractivity contribution in [3.8, 4) is 0 Å². The predicted molar refractivity (Wildman–Crippen MR) is 77.9 cm³/mol.